The van der Waals surface area contributed by atoms with Gasteiger partial charge in [0.25, 0.3) is 0 Å². The zero-order chi connectivity index (χ0) is 25.7. The van der Waals surface area contributed by atoms with Crippen molar-refractivity contribution in [3.63, 3.8) is 0 Å². The molecule has 0 N–H and O–H groups in total. The van der Waals surface area contributed by atoms with Crippen molar-refractivity contribution in [2.45, 2.75) is 39.7 Å². The summed E-state index contributed by atoms with van der Waals surface area (Å²) in [6, 6.07) is 5.33. The second kappa shape index (κ2) is 9.28. The lowest BCUT2D eigenvalue weighted by Crippen LogP contribution is -2.53. The number of fused-ring (bicyclic) bond motifs is 2. The van der Waals surface area contributed by atoms with E-state index in [0.29, 0.717) is 35.6 Å². The van der Waals surface area contributed by atoms with Gasteiger partial charge in [0, 0.05) is 37.3 Å². The Balaban J connectivity index is 1.82. The van der Waals surface area contributed by atoms with Crippen LogP contribution in [0.5, 0.6) is 0 Å². The largest absolute Gasteiger partial charge is 0.363 e. The molecule has 9 heteroatoms. The SMILES string of the molecule is C=CC(=O)N1CCN(c2c3ncnc-3n(-c3c(C)ccnc3C(C)C)c3cc(Br)c(F)cc23)C(C)C1. The molecular weight excluding hydrogens is 523 g/mol. The summed E-state index contributed by atoms with van der Waals surface area (Å²) in [5.74, 6) is 0.415. The van der Waals surface area contributed by atoms with Crippen molar-refractivity contribution in [2.24, 2.45) is 0 Å². The molecule has 0 bridgehead atoms. The quantitative estimate of drug-likeness (QED) is 0.315. The number of benzene rings is 1. The first-order valence-corrected chi connectivity index (χ1v) is 12.8. The van der Waals surface area contributed by atoms with Gasteiger partial charge in [0.1, 0.15) is 17.8 Å². The van der Waals surface area contributed by atoms with E-state index in [9.17, 15) is 4.79 Å². The van der Waals surface area contributed by atoms with Crippen LogP contribution in [0.4, 0.5) is 10.1 Å². The number of carbonyl (C=O) groups excluding carboxylic acids is 1. The van der Waals surface area contributed by atoms with Gasteiger partial charge in [-0.2, -0.15) is 0 Å². The van der Waals surface area contributed by atoms with E-state index >= 15 is 4.39 Å². The number of rotatable bonds is 4. The third kappa shape index (κ3) is 3.86. The molecule has 7 nitrogen and oxygen atoms in total. The van der Waals surface area contributed by atoms with Crippen LogP contribution in [0.1, 0.15) is 37.9 Å². The number of aromatic nitrogens is 4. The van der Waals surface area contributed by atoms with E-state index in [-0.39, 0.29) is 23.7 Å². The molecule has 2 aromatic rings. The Bertz CT molecular complexity index is 1460. The number of pyridine rings is 2. The summed E-state index contributed by atoms with van der Waals surface area (Å²) in [6.07, 6.45) is 4.72. The molecule has 1 aromatic heterocycles. The summed E-state index contributed by atoms with van der Waals surface area (Å²) >= 11 is 3.40. The van der Waals surface area contributed by atoms with E-state index in [2.05, 4.69) is 62.7 Å². The minimum atomic E-state index is -0.353. The number of aryl methyl sites for hydroxylation is 1. The Morgan fingerprint density at radius 3 is 2.69 bits per heavy atom. The van der Waals surface area contributed by atoms with Crippen LogP contribution in [0.3, 0.4) is 0 Å². The Hall–Kier alpha value is -3.33. The zero-order valence-electron chi connectivity index (χ0n) is 20.8. The van der Waals surface area contributed by atoms with Crippen LogP contribution in [0, 0.1) is 12.7 Å². The van der Waals surface area contributed by atoms with Crippen LogP contribution in [0.25, 0.3) is 28.1 Å². The number of hydrogen-bond acceptors (Lipinski definition) is 5. The Morgan fingerprint density at radius 2 is 2.00 bits per heavy atom. The highest BCUT2D eigenvalue weighted by Crippen LogP contribution is 2.43. The van der Waals surface area contributed by atoms with Crippen molar-refractivity contribution in [3.8, 4) is 17.2 Å². The van der Waals surface area contributed by atoms with Crippen LogP contribution in [-0.2, 0) is 4.79 Å². The number of halogens is 2. The average molecular weight is 551 g/mol. The number of hydrogen-bond donors (Lipinski definition) is 0. The van der Waals surface area contributed by atoms with E-state index in [0.717, 1.165) is 33.5 Å². The fraction of sp³-hybridized carbons (Fsp3) is 0.333. The van der Waals surface area contributed by atoms with E-state index in [4.69, 9.17) is 4.98 Å². The van der Waals surface area contributed by atoms with Crippen LogP contribution >= 0.6 is 15.9 Å². The van der Waals surface area contributed by atoms with Crippen molar-refractivity contribution in [1.29, 1.82) is 0 Å². The van der Waals surface area contributed by atoms with Crippen molar-refractivity contribution < 1.29 is 9.18 Å². The first-order valence-electron chi connectivity index (χ1n) is 12.0. The molecule has 0 saturated carbocycles. The zero-order valence-corrected chi connectivity index (χ0v) is 22.4. The lowest BCUT2D eigenvalue weighted by Gasteiger charge is -2.42. The third-order valence-corrected chi connectivity index (χ3v) is 7.48. The molecule has 1 saturated heterocycles. The van der Waals surface area contributed by atoms with Crippen LogP contribution in [0.2, 0.25) is 0 Å². The predicted octanol–water partition coefficient (Wildman–Crippen LogP) is 5.48. The molecule has 1 atom stereocenters. The maximum absolute atomic E-state index is 15.1. The molecule has 5 rings (SSSR count). The molecule has 1 amide bonds. The van der Waals surface area contributed by atoms with Gasteiger partial charge in [0.05, 0.1) is 27.1 Å². The molecular formula is C27H28BrFN6O. The van der Waals surface area contributed by atoms with Crippen LogP contribution in [0.15, 0.2) is 47.9 Å². The normalized spacial score (nSPS) is 16.4. The number of amides is 1. The Labute approximate surface area is 218 Å². The Kier molecular flexibility index (Phi) is 6.28. The summed E-state index contributed by atoms with van der Waals surface area (Å²) in [5, 5.41) is 0.733. The minimum absolute atomic E-state index is 0.0142. The van der Waals surface area contributed by atoms with Crippen molar-refractivity contribution in [3.05, 3.63) is 64.9 Å². The van der Waals surface area contributed by atoms with E-state index in [1.807, 2.05) is 19.2 Å². The van der Waals surface area contributed by atoms with Gasteiger partial charge in [-0.15, -0.1) is 0 Å². The van der Waals surface area contributed by atoms with Crippen molar-refractivity contribution in [1.82, 2.24) is 24.4 Å². The van der Waals surface area contributed by atoms with Crippen LogP contribution < -0.4 is 4.90 Å². The first kappa shape index (κ1) is 24.4. The number of imidazole rings is 1. The lowest BCUT2D eigenvalue weighted by atomic mass is 10.0. The maximum Gasteiger partial charge on any atom is 0.246 e. The second-order valence-electron chi connectivity index (χ2n) is 9.56. The predicted molar refractivity (Wildman–Crippen MR) is 143 cm³/mol. The standard InChI is InChI=1S/C27H28BrFN6O/c1-6-22(36)33-9-10-34(17(5)13-33)26-18-11-20(29)19(28)12-21(18)35(27-24(26)31-14-32-27)25-16(4)7-8-30-23(25)15(2)3/h6-8,11-12,14-15,17H,1,9-10,13H2,2-5H3. The van der Waals surface area contributed by atoms with E-state index < -0.39 is 0 Å². The molecule has 1 fully saturated rings. The third-order valence-electron chi connectivity index (χ3n) is 6.88. The van der Waals surface area contributed by atoms with Gasteiger partial charge in [0.2, 0.25) is 5.91 Å². The maximum atomic E-state index is 15.1. The summed E-state index contributed by atoms with van der Waals surface area (Å²) in [5.41, 5.74) is 5.23. The van der Waals surface area contributed by atoms with Gasteiger partial charge >= 0.3 is 0 Å². The highest BCUT2D eigenvalue weighted by atomic mass is 79.9. The van der Waals surface area contributed by atoms with Gasteiger partial charge < -0.3 is 9.80 Å². The number of nitrogens with zero attached hydrogens (tertiary/aromatic N) is 6. The Morgan fingerprint density at radius 1 is 1.22 bits per heavy atom. The van der Waals surface area contributed by atoms with E-state index in [1.54, 1.807) is 23.4 Å². The molecule has 4 heterocycles. The molecule has 3 aliphatic heterocycles. The molecule has 0 radical (unpaired) electrons. The highest BCUT2D eigenvalue weighted by Gasteiger charge is 2.33. The number of carbonyl (C=O) groups is 1. The van der Waals surface area contributed by atoms with Gasteiger partial charge in [-0.3, -0.25) is 14.3 Å². The fourth-order valence-corrected chi connectivity index (χ4v) is 5.50. The molecule has 36 heavy (non-hydrogen) atoms. The summed E-state index contributed by atoms with van der Waals surface area (Å²) in [4.78, 5) is 30.3. The minimum Gasteiger partial charge on any atom is -0.363 e. The second-order valence-corrected chi connectivity index (χ2v) is 10.4. The van der Waals surface area contributed by atoms with Gasteiger partial charge in [0.15, 0.2) is 5.82 Å². The number of anilines is 1. The molecule has 0 spiro atoms. The molecule has 3 aliphatic rings. The molecule has 186 valence electrons. The number of piperazine rings is 1. The van der Waals surface area contributed by atoms with Crippen molar-refractivity contribution in [2.75, 3.05) is 24.5 Å². The highest BCUT2D eigenvalue weighted by molar-refractivity contribution is 9.10. The average Bonchev–Trinajstić information content (AvgIpc) is 3.33. The van der Waals surface area contributed by atoms with Gasteiger partial charge in [-0.25, -0.2) is 14.4 Å². The lowest BCUT2D eigenvalue weighted by molar-refractivity contribution is -0.126. The van der Waals surface area contributed by atoms with E-state index in [1.165, 1.54) is 6.08 Å². The monoisotopic (exact) mass is 550 g/mol. The fourth-order valence-electron chi connectivity index (χ4n) is 5.16. The van der Waals surface area contributed by atoms with Crippen molar-refractivity contribution >= 4 is 38.4 Å². The summed E-state index contributed by atoms with van der Waals surface area (Å²) in [7, 11) is 0. The smallest absolute Gasteiger partial charge is 0.246 e. The molecule has 0 aliphatic carbocycles. The summed E-state index contributed by atoms with van der Waals surface area (Å²) < 4.78 is 17.5. The van der Waals surface area contributed by atoms with Crippen LogP contribution in [-0.4, -0.2) is 56.0 Å². The van der Waals surface area contributed by atoms with Gasteiger partial charge in [-0.1, -0.05) is 20.4 Å². The van der Waals surface area contributed by atoms with Gasteiger partial charge in [-0.05, 0) is 65.5 Å². The summed E-state index contributed by atoms with van der Waals surface area (Å²) in [6.45, 7) is 13.6. The molecule has 1 unspecified atom stereocenters. The first-order chi connectivity index (χ1) is 17.2. The molecule has 1 aromatic carbocycles. The topological polar surface area (TPSA) is 67.2 Å².